The molecule has 2 atom stereocenters. The normalized spacial score (nSPS) is 19.7. The van der Waals surface area contributed by atoms with E-state index < -0.39 is 45.1 Å². The van der Waals surface area contributed by atoms with E-state index in [4.69, 9.17) is 0 Å². The third kappa shape index (κ3) is 3.75. The number of carbonyl (C=O) groups excluding carboxylic acids is 2. The van der Waals surface area contributed by atoms with E-state index in [1.54, 1.807) is 6.07 Å². The lowest BCUT2D eigenvalue weighted by Gasteiger charge is -2.18. The number of hydrogen-bond acceptors (Lipinski definition) is 4. The number of nitrogens with zero attached hydrogens (tertiary/aromatic N) is 1. The van der Waals surface area contributed by atoms with Gasteiger partial charge in [-0.1, -0.05) is 18.2 Å². The van der Waals surface area contributed by atoms with Crippen molar-refractivity contribution < 1.29 is 26.8 Å². The van der Waals surface area contributed by atoms with Crippen LogP contribution in [0.5, 0.6) is 0 Å². The summed E-state index contributed by atoms with van der Waals surface area (Å²) in [7, 11) is -1.95. The Balaban J connectivity index is 1.95. The van der Waals surface area contributed by atoms with Gasteiger partial charge in [0, 0.05) is 25.8 Å². The topological polar surface area (TPSA) is 83.6 Å². The highest BCUT2D eigenvalue weighted by Gasteiger charge is 2.44. The number of likely N-dealkylation sites (tertiary alicyclic amines) is 1. The fourth-order valence-electron chi connectivity index (χ4n) is 3.28. The molecule has 1 fully saturated rings. The lowest BCUT2D eigenvalue weighted by Crippen LogP contribution is -2.33. The molecule has 0 aromatic heterocycles. The van der Waals surface area contributed by atoms with Crippen LogP contribution in [-0.4, -0.2) is 45.0 Å². The summed E-state index contributed by atoms with van der Waals surface area (Å²) in [5, 5.41) is 2.27. The number of amides is 2. The van der Waals surface area contributed by atoms with Gasteiger partial charge in [0.15, 0.2) is 21.5 Å². The van der Waals surface area contributed by atoms with Gasteiger partial charge >= 0.3 is 0 Å². The molecule has 1 N–H and O–H groups in total. The molecule has 0 unspecified atom stereocenters. The minimum atomic E-state index is -3.47. The molecule has 2 aromatic rings. The van der Waals surface area contributed by atoms with Crippen molar-refractivity contribution in [3.63, 3.8) is 0 Å². The zero-order valence-corrected chi connectivity index (χ0v) is 16.0. The Morgan fingerprint density at radius 3 is 2.54 bits per heavy atom. The number of anilines is 1. The third-order valence-electron chi connectivity index (χ3n) is 4.72. The molecule has 3 rings (SSSR count). The van der Waals surface area contributed by atoms with Crippen LogP contribution in [0.4, 0.5) is 14.5 Å². The fraction of sp³-hybridized carbons (Fsp3) is 0.263. The van der Waals surface area contributed by atoms with E-state index >= 15 is 0 Å². The lowest BCUT2D eigenvalue weighted by atomic mass is 9.88. The number of sulfone groups is 1. The molecule has 0 spiro atoms. The number of rotatable bonds is 4. The van der Waals surface area contributed by atoms with Crippen LogP contribution >= 0.6 is 0 Å². The number of hydrogen-bond donors (Lipinski definition) is 1. The molecule has 9 heteroatoms. The first-order valence-corrected chi connectivity index (χ1v) is 10.3. The van der Waals surface area contributed by atoms with Crippen molar-refractivity contribution in [2.24, 2.45) is 5.92 Å². The minimum absolute atomic E-state index is 0.0716. The van der Waals surface area contributed by atoms with E-state index in [1.807, 2.05) is 0 Å². The van der Waals surface area contributed by atoms with Crippen molar-refractivity contribution in [3.8, 4) is 0 Å². The Bertz CT molecular complexity index is 1060. The van der Waals surface area contributed by atoms with Gasteiger partial charge in [0.25, 0.3) is 0 Å². The van der Waals surface area contributed by atoms with Crippen LogP contribution in [-0.2, 0) is 19.4 Å². The van der Waals surface area contributed by atoms with Crippen molar-refractivity contribution in [2.75, 3.05) is 25.2 Å². The predicted octanol–water partition coefficient (Wildman–Crippen LogP) is 2.18. The van der Waals surface area contributed by atoms with Crippen LogP contribution < -0.4 is 5.32 Å². The smallest absolute Gasteiger partial charge is 0.237 e. The molecule has 1 aliphatic heterocycles. The lowest BCUT2D eigenvalue weighted by molar-refractivity contribution is -0.135. The van der Waals surface area contributed by atoms with E-state index in [1.165, 1.54) is 42.3 Å². The average molecular weight is 408 g/mol. The van der Waals surface area contributed by atoms with Crippen LogP contribution in [0.3, 0.4) is 0 Å². The standard InChI is InChI=1S/C19H18F2N2O4S/c1-23-10-13(11-5-3-6-12(9-11)28(2,26)27)16(19(23)25)18(24)22-15-8-4-7-14(20)17(15)21/h3-9,13,16H,10H2,1-2H3,(H,22,24)/t13-,16+/m1/s1. The van der Waals surface area contributed by atoms with Gasteiger partial charge in [0.1, 0.15) is 5.92 Å². The Hall–Kier alpha value is -2.81. The molecular weight excluding hydrogens is 390 g/mol. The molecule has 148 valence electrons. The number of benzene rings is 2. The number of carbonyl (C=O) groups is 2. The molecule has 0 radical (unpaired) electrons. The molecule has 1 saturated heterocycles. The van der Waals surface area contributed by atoms with Gasteiger partial charge in [0.2, 0.25) is 11.8 Å². The summed E-state index contributed by atoms with van der Waals surface area (Å²) < 4.78 is 50.9. The van der Waals surface area contributed by atoms with Crippen molar-refractivity contribution in [1.29, 1.82) is 0 Å². The first-order valence-electron chi connectivity index (χ1n) is 8.39. The summed E-state index contributed by atoms with van der Waals surface area (Å²) in [6.07, 6.45) is 1.06. The third-order valence-corrected chi connectivity index (χ3v) is 5.83. The van der Waals surface area contributed by atoms with Gasteiger partial charge in [-0.05, 0) is 29.8 Å². The molecule has 28 heavy (non-hydrogen) atoms. The predicted molar refractivity (Wildman–Crippen MR) is 98.4 cm³/mol. The molecule has 1 heterocycles. The second kappa shape index (κ2) is 7.31. The van der Waals surface area contributed by atoms with Crippen molar-refractivity contribution in [2.45, 2.75) is 10.8 Å². The van der Waals surface area contributed by atoms with Gasteiger partial charge < -0.3 is 10.2 Å². The van der Waals surface area contributed by atoms with E-state index in [-0.39, 0.29) is 17.1 Å². The van der Waals surface area contributed by atoms with Crippen LogP contribution in [0.2, 0.25) is 0 Å². The Kier molecular flexibility index (Phi) is 5.20. The SMILES string of the molecule is CN1C[C@H](c2cccc(S(C)(=O)=O)c2)[C@@H](C(=O)Nc2cccc(F)c2F)C1=O. The van der Waals surface area contributed by atoms with Crippen LogP contribution in [0.25, 0.3) is 0 Å². The number of nitrogens with one attached hydrogen (secondary N) is 1. The van der Waals surface area contributed by atoms with Gasteiger partial charge in [0.05, 0.1) is 10.6 Å². The maximum Gasteiger partial charge on any atom is 0.237 e. The molecule has 0 aliphatic carbocycles. The van der Waals surface area contributed by atoms with Gasteiger partial charge in [-0.25, -0.2) is 17.2 Å². The van der Waals surface area contributed by atoms with Crippen LogP contribution in [0, 0.1) is 17.6 Å². The van der Waals surface area contributed by atoms with Crippen LogP contribution in [0.15, 0.2) is 47.4 Å². The summed E-state index contributed by atoms with van der Waals surface area (Å²) in [6, 6.07) is 9.37. The molecule has 6 nitrogen and oxygen atoms in total. The second-order valence-corrected chi connectivity index (χ2v) is 8.75. The van der Waals surface area contributed by atoms with E-state index in [0.717, 1.165) is 12.3 Å². The Morgan fingerprint density at radius 1 is 1.18 bits per heavy atom. The molecule has 2 amide bonds. The fourth-order valence-corrected chi connectivity index (χ4v) is 3.96. The largest absolute Gasteiger partial charge is 0.344 e. The molecule has 1 aliphatic rings. The minimum Gasteiger partial charge on any atom is -0.344 e. The van der Waals surface area contributed by atoms with Crippen LogP contribution in [0.1, 0.15) is 11.5 Å². The zero-order chi connectivity index (χ0) is 20.6. The summed E-state index contributed by atoms with van der Waals surface area (Å²) >= 11 is 0. The first kappa shape index (κ1) is 19.9. The summed E-state index contributed by atoms with van der Waals surface area (Å²) in [4.78, 5) is 26.7. The summed E-state index contributed by atoms with van der Waals surface area (Å²) in [5.41, 5.74) is 0.136. The summed E-state index contributed by atoms with van der Waals surface area (Å²) in [6.45, 7) is 0.190. The van der Waals surface area contributed by atoms with Gasteiger partial charge in [-0.2, -0.15) is 0 Å². The maximum atomic E-state index is 13.9. The number of likely N-dealkylation sites (N-methyl/N-ethyl adjacent to an activating group) is 1. The summed E-state index contributed by atoms with van der Waals surface area (Å²) in [5.74, 6) is -5.42. The van der Waals surface area contributed by atoms with Crippen molar-refractivity contribution in [1.82, 2.24) is 4.90 Å². The second-order valence-electron chi connectivity index (χ2n) is 6.74. The Morgan fingerprint density at radius 2 is 1.86 bits per heavy atom. The quantitative estimate of drug-likeness (QED) is 0.786. The Labute approximate surface area is 161 Å². The molecule has 2 aromatic carbocycles. The zero-order valence-electron chi connectivity index (χ0n) is 15.1. The van der Waals surface area contributed by atoms with Crippen molar-refractivity contribution >= 4 is 27.3 Å². The molecule has 0 bridgehead atoms. The van der Waals surface area contributed by atoms with E-state index in [0.29, 0.717) is 5.56 Å². The number of halogens is 2. The van der Waals surface area contributed by atoms with E-state index in [9.17, 15) is 26.8 Å². The first-order chi connectivity index (χ1) is 13.1. The highest BCUT2D eigenvalue weighted by molar-refractivity contribution is 7.90. The van der Waals surface area contributed by atoms with E-state index in [2.05, 4.69) is 5.32 Å². The highest BCUT2D eigenvalue weighted by atomic mass is 32.2. The highest BCUT2D eigenvalue weighted by Crippen LogP contribution is 2.35. The maximum absolute atomic E-state index is 13.9. The van der Waals surface area contributed by atoms with Gasteiger partial charge in [-0.3, -0.25) is 9.59 Å². The molecule has 0 saturated carbocycles. The van der Waals surface area contributed by atoms with Crippen molar-refractivity contribution in [3.05, 3.63) is 59.7 Å². The monoisotopic (exact) mass is 408 g/mol. The van der Waals surface area contributed by atoms with Gasteiger partial charge in [-0.15, -0.1) is 0 Å². The average Bonchev–Trinajstić information content (AvgIpc) is 2.93. The molecular formula is C19H18F2N2O4S.